The van der Waals surface area contributed by atoms with Crippen molar-refractivity contribution in [2.24, 2.45) is 0 Å². The SMILES string of the molecule is c1ccc(-c2ccccc2-c2ccc(N(c3ccc(-c4ccccc4-n4c5ccccc5c5ccccc54)cc3)c3cccc4c3oc3ccccc34)cc2)cc1. The molecule has 9 aromatic carbocycles. The largest absolute Gasteiger partial charge is 0.454 e. The topological polar surface area (TPSA) is 21.3 Å². The van der Waals surface area contributed by atoms with Crippen LogP contribution in [0, 0.1) is 0 Å². The van der Waals surface area contributed by atoms with Crippen LogP contribution in [0.15, 0.2) is 223 Å². The quantitative estimate of drug-likeness (QED) is 0.163. The average Bonchev–Trinajstić information content (AvgIpc) is 3.84. The van der Waals surface area contributed by atoms with Crippen molar-refractivity contribution in [1.29, 1.82) is 0 Å². The maximum atomic E-state index is 6.64. The Kier molecular flexibility index (Phi) is 7.82. The maximum absolute atomic E-state index is 6.64. The Morgan fingerprint density at radius 3 is 1.46 bits per heavy atom. The molecule has 0 amide bonds. The lowest BCUT2D eigenvalue weighted by molar-refractivity contribution is 0.669. The Balaban J connectivity index is 1.05. The van der Waals surface area contributed by atoms with Gasteiger partial charge in [0.15, 0.2) is 5.58 Å². The van der Waals surface area contributed by atoms with Gasteiger partial charge in [0, 0.05) is 38.5 Å². The number of furan rings is 1. The van der Waals surface area contributed by atoms with Crippen LogP contribution in [0.4, 0.5) is 17.1 Å². The lowest BCUT2D eigenvalue weighted by Crippen LogP contribution is -2.10. The summed E-state index contributed by atoms with van der Waals surface area (Å²) in [7, 11) is 0. The van der Waals surface area contributed by atoms with Gasteiger partial charge in [-0.15, -0.1) is 0 Å². The minimum Gasteiger partial charge on any atom is -0.454 e. The van der Waals surface area contributed by atoms with E-state index in [-0.39, 0.29) is 0 Å². The summed E-state index contributed by atoms with van der Waals surface area (Å²) in [6.07, 6.45) is 0. The fourth-order valence-electron chi connectivity index (χ4n) is 8.61. The molecule has 0 fully saturated rings. The van der Waals surface area contributed by atoms with Crippen LogP contribution < -0.4 is 4.90 Å². The molecule has 0 saturated heterocycles. The third-order valence-corrected chi connectivity index (χ3v) is 11.2. The van der Waals surface area contributed by atoms with Crippen LogP contribution >= 0.6 is 0 Å². The van der Waals surface area contributed by atoms with Crippen molar-refractivity contribution in [2.75, 3.05) is 4.90 Å². The summed E-state index contributed by atoms with van der Waals surface area (Å²) in [6.45, 7) is 0. The van der Waals surface area contributed by atoms with Crippen molar-refractivity contribution < 1.29 is 4.42 Å². The van der Waals surface area contributed by atoms with E-state index in [1.165, 1.54) is 44.1 Å². The standard InChI is InChI=1S/C54H36N2O/c1-2-15-37(16-3-1)42-17-4-5-18-43(42)38-29-33-40(34-30-38)55(52-27-14-23-48-47-22-9-13-28-53(47)57-54(48)52)41-35-31-39(32-36-41)44-19-6-10-24-49(44)56-50-25-11-7-20-45(50)46-21-8-12-26-51(46)56/h1-36H. The molecule has 0 atom stereocenters. The Hall–Kier alpha value is -7.62. The zero-order valence-corrected chi connectivity index (χ0v) is 31.1. The van der Waals surface area contributed by atoms with E-state index in [1.807, 2.05) is 12.1 Å². The molecular weight excluding hydrogens is 693 g/mol. The summed E-state index contributed by atoms with van der Waals surface area (Å²) in [5.74, 6) is 0. The summed E-state index contributed by atoms with van der Waals surface area (Å²) in [5.41, 5.74) is 15.5. The molecule has 3 nitrogen and oxygen atoms in total. The van der Waals surface area contributed by atoms with E-state index in [4.69, 9.17) is 4.42 Å². The number of hydrogen-bond donors (Lipinski definition) is 0. The summed E-state index contributed by atoms with van der Waals surface area (Å²) < 4.78 is 9.04. The minimum absolute atomic E-state index is 0.859. The Morgan fingerprint density at radius 1 is 0.333 bits per heavy atom. The summed E-state index contributed by atoms with van der Waals surface area (Å²) in [5, 5.41) is 4.71. The molecule has 0 spiro atoms. The van der Waals surface area contributed by atoms with Gasteiger partial charge in [0.05, 0.1) is 22.4 Å². The van der Waals surface area contributed by atoms with Crippen molar-refractivity contribution in [3.05, 3.63) is 218 Å². The van der Waals surface area contributed by atoms with E-state index in [0.717, 1.165) is 55.8 Å². The number of benzene rings is 9. The average molecular weight is 729 g/mol. The number of para-hydroxylation sites is 5. The minimum atomic E-state index is 0.859. The second-order valence-electron chi connectivity index (χ2n) is 14.5. The van der Waals surface area contributed by atoms with Crippen LogP contribution in [0.3, 0.4) is 0 Å². The molecule has 11 aromatic rings. The monoisotopic (exact) mass is 728 g/mol. The van der Waals surface area contributed by atoms with Crippen LogP contribution in [-0.2, 0) is 0 Å². The molecule has 2 heterocycles. The molecule has 0 aliphatic carbocycles. The van der Waals surface area contributed by atoms with Gasteiger partial charge in [-0.1, -0.05) is 164 Å². The molecule has 0 N–H and O–H groups in total. The van der Waals surface area contributed by atoms with Crippen molar-refractivity contribution in [3.63, 3.8) is 0 Å². The van der Waals surface area contributed by atoms with Gasteiger partial charge in [-0.2, -0.15) is 0 Å². The van der Waals surface area contributed by atoms with Crippen molar-refractivity contribution in [1.82, 2.24) is 4.57 Å². The zero-order valence-electron chi connectivity index (χ0n) is 31.1. The second-order valence-corrected chi connectivity index (χ2v) is 14.5. The van der Waals surface area contributed by atoms with Gasteiger partial charge in [-0.25, -0.2) is 0 Å². The summed E-state index contributed by atoms with van der Waals surface area (Å²) in [4.78, 5) is 2.32. The van der Waals surface area contributed by atoms with Crippen molar-refractivity contribution in [2.45, 2.75) is 0 Å². The fourth-order valence-corrected chi connectivity index (χ4v) is 8.61. The molecular formula is C54H36N2O. The second kappa shape index (κ2) is 13.6. The summed E-state index contributed by atoms with van der Waals surface area (Å²) in [6, 6.07) is 78.0. The van der Waals surface area contributed by atoms with E-state index in [2.05, 4.69) is 216 Å². The fraction of sp³-hybridized carbons (Fsp3) is 0. The maximum Gasteiger partial charge on any atom is 0.159 e. The van der Waals surface area contributed by atoms with Gasteiger partial charge >= 0.3 is 0 Å². The number of nitrogens with zero attached hydrogens (tertiary/aromatic N) is 2. The first-order valence-corrected chi connectivity index (χ1v) is 19.4. The van der Waals surface area contributed by atoms with Crippen molar-refractivity contribution >= 4 is 60.8 Å². The Morgan fingerprint density at radius 2 is 0.807 bits per heavy atom. The molecule has 2 aromatic heterocycles. The number of hydrogen-bond acceptors (Lipinski definition) is 2. The Bertz CT molecular complexity index is 3170. The molecule has 3 heteroatoms. The molecule has 268 valence electrons. The molecule has 0 bridgehead atoms. The van der Waals surface area contributed by atoms with E-state index in [9.17, 15) is 0 Å². The zero-order chi connectivity index (χ0) is 37.7. The predicted octanol–water partition coefficient (Wildman–Crippen LogP) is 15.2. The third kappa shape index (κ3) is 5.51. The van der Waals surface area contributed by atoms with Crippen LogP contribution in [0.2, 0.25) is 0 Å². The first-order chi connectivity index (χ1) is 28.3. The lowest BCUT2D eigenvalue weighted by atomic mass is 9.94. The molecule has 11 rings (SSSR count). The van der Waals surface area contributed by atoms with Crippen LogP contribution in [0.5, 0.6) is 0 Å². The van der Waals surface area contributed by atoms with Gasteiger partial charge in [0.2, 0.25) is 0 Å². The van der Waals surface area contributed by atoms with E-state index in [1.54, 1.807) is 0 Å². The molecule has 0 aliphatic heterocycles. The van der Waals surface area contributed by atoms with Crippen LogP contribution in [-0.4, -0.2) is 4.57 Å². The van der Waals surface area contributed by atoms with Gasteiger partial charge in [0.1, 0.15) is 5.58 Å². The molecule has 0 saturated carbocycles. The van der Waals surface area contributed by atoms with Gasteiger partial charge < -0.3 is 13.9 Å². The third-order valence-electron chi connectivity index (χ3n) is 11.2. The molecule has 0 unspecified atom stereocenters. The number of rotatable bonds is 7. The van der Waals surface area contributed by atoms with Gasteiger partial charge in [-0.05, 0) is 82.4 Å². The first kappa shape index (κ1) is 32.8. The highest BCUT2D eigenvalue weighted by Crippen LogP contribution is 2.44. The summed E-state index contributed by atoms with van der Waals surface area (Å²) >= 11 is 0. The molecule has 0 aliphatic rings. The molecule has 0 radical (unpaired) electrons. The predicted molar refractivity (Wildman–Crippen MR) is 239 cm³/mol. The highest BCUT2D eigenvalue weighted by molar-refractivity contribution is 6.11. The Labute approximate surface area is 330 Å². The van der Waals surface area contributed by atoms with Crippen LogP contribution in [0.1, 0.15) is 0 Å². The van der Waals surface area contributed by atoms with Crippen molar-refractivity contribution in [3.8, 4) is 39.1 Å². The lowest BCUT2D eigenvalue weighted by Gasteiger charge is -2.26. The smallest absolute Gasteiger partial charge is 0.159 e. The van der Waals surface area contributed by atoms with E-state index in [0.29, 0.717) is 0 Å². The van der Waals surface area contributed by atoms with Gasteiger partial charge in [0.25, 0.3) is 0 Å². The number of anilines is 3. The van der Waals surface area contributed by atoms with E-state index >= 15 is 0 Å². The van der Waals surface area contributed by atoms with Crippen LogP contribution in [0.25, 0.3) is 82.8 Å². The molecule has 57 heavy (non-hydrogen) atoms. The number of aromatic nitrogens is 1. The number of fused-ring (bicyclic) bond motifs is 6. The first-order valence-electron chi connectivity index (χ1n) is 19.4. The van der Waals surface area contributed by atoms with E-state index < -0.39 is 0 Å². The highest BCUT2D eigenvalue weighted by atomic mass is 16.3. The van der Waals surface area contributed by atoms with Gasteiger partial charge in [-0.3, -0.25) is 0 Å². The highest BCUT2D eigenvalue weighted by Gasteiger charge is 2.21. The normalized spacial score (nSPS) is 11.5.